The second kappa shape index (κ2) is 3.72. The number of benzene rings is 1. The van der Waals surface area contributed by atoms with Crippen LogP contribution in [0.5, 0.6) is 0 Å². The lowest BCUT2D eigenvalue weighted by molar-refractivity contribution is 0.412. The van der Waals surface area contributed by atoms with Gasteiger partial charge >= 0.3 is 0 Å². The van der Waals surface area contributed by atoms with E-state index in [1.165, 1.54) is 31.4 Å². The van der Waals surface area contributed by atoms with Crippen molar-refractivity contribution >= 4 is 0 Å². The van der Waals surface area contributed by atoms with Crippen molar-refractivity contribution in [2.75, 3.05) is 6.54 Å². The summed E-state index contributed by atoms with van der Waals surface area (Å²) in [7, 11) is 0. The molecule has 0 aliphatic carbocycles. The molecule has 64 valence electrons. The van der Waals surface area contributed by atoms with Gasteiger partial charge in [0.25, 0.3) is 0 Å². The lowest BCUT2D eigenvalue weighted by atomic mass is 9.98. The van der Waals surface area contributed by atoms with Crippen LogP contribution in [-0.2, 0) is 0 Å². The van der Waals surface area contributed by atoms with Crippen molar-refractivity contribution in [2.24, 2.45) is 0 Å². The molecule has 12 heavy (non-hydrogen) atoms. The summed E-state index contributed by atoms with van der Waals surface area (Å²) in [6.07, 6.45) is 4.00. The lowest BCUT2D eigenvalue weighted by Crippen LogP contribution is -2.26. The molecule has 1 aromatic carbocycles. The third-order valence-corrected chi connectivity index (χ3v) is 2.51. The Morgan fingerprint density at radius 1 is 1.08 bits per heavy atom. The largest absolute Gasteiger partial charge is 0.310 e. The summed E-state index contributed by atoms with van der Waals surface area (Å²) < 4.78 is 0. The molecule has 1 heteroatoms. The van der Waals surface area contributed by atoms with Gasteiger partial charge in [-0.15, -0.1) is 0 Å². The maximum atomic E-state index is 3.54. The number of hydrogen-bond donors (Lipinski definition) is 1. The summed E-state index contributed by atoms with van der Waals surface area (Å²) in [6, 6.07) is 11.3. The number of rotatable bonds is 1. The summed E-state index contributed by atoms with van der Waals surface area (Å²) in [5, 5.41) is 3.54. The number of piperidine rings is 1. The summed E-state index contributed by atoms with van der Waals surface area (Å²) in [5.41, 5.74) is 1.44. The first-order chi connectivity index (χ1) is 5.97. The van der Waals surface area contributed by atoms with Gasteiger partial charge in [-0.05, 0) is 24.9 Å². The minimum absolute atomic E-state index is 0.611. The smallest absolute Gasteiger partial charge is 0.0320 e. The van der Waals surface area contributed by atoms with Crippen molar-refractivity contribution in [3.63, 3.8) is 0 Å². The maximum Gasteiger partial charge on any atom is 0.0320 e. The first kappa shape index (κ1) is 7.81. The molecule has 0 saturated carbocycles. The monoisotopic (exact) mass is 161 g/mol. The molecule has 0 radical (unpaired) electrons. The Balaban J connectivity index is 2.08. The molecule has 1 N–H and O–H groups in total. The van der Waals surface area contributed by atoms with E-state index in [2.05, 4.69) is 35.6 Å². The van der Waals surface area contributed by atoms with E-state index < -0.39 is 0 Å². The average Bonchev–Trinajstić information content (AvgIpc) is 2.21. The highest BCUT2D eigenvalue weighted by molar-refractivity contribution is 5.19. The van der Waals surface area contributed by atoms with Crippen LogP contribution in [0.15, 0.2) is 30.3 Å². The van der Waals surface area contributed by atoms with Gasteiger partial charge < -0.3 is 5.32 Å². The first-order valence-corrected chi connectivity index (χ1v) is 4.75. The average molecular weight is 161 g/mol. The summed E-state index contributed by atoms with van der Waals surface area (Å²) >= 11 is 0. The molecule has 1 heterocycles. The van der Waals surface area contributed by atoms with Crippen molar-refractivity contribution in [2.45, 2.75) is 25.3 Å². The fourth-order valence-electron chi connectivity index (χ4n) is 1.82. The second-order valence-electron chi connectivity index (χ2n) is 3.41. The standard InChI is InChI=1S/C11H15N/c1-2-6-10(7-3-1)11-8-4-5-9-12-11/h1-3,6-7,11-12H,4-5,8-9H2/t11-/m0/s1. The zero-order valence-electron chi connectivity index (χ0n) is 7.29. The van der Waals surface area contributed by atoms with E-state index in [9.17, 15) is 0 Å². The van der Waals surface area contributed by atoms with E-state index in [1.807, 2.05) is 0 Å². The van der Waals surface area contributed by atoms with Crippen LogP contribution >= 0.6 is 0 Å². The SMILES string of the molecule is c1ccc([C@@H]2CCCCN2)cc1. The first-order valence-electron chi connectivity index (χ1n) is 4.75. The van der Waals surface area contributed by atoms with Gasteiger partial charge in [0.05, 0.1) is 0 Å². The van der Waals surface area contributed by atoms with E-state index in [0.29, 0.717) is 6.04 Å². The van der Waals surface area contributed by atoms with Crippen LogP contribution in [-0.4, -0.2) is 6.54 Å². The zero-order valence-corrected chi connectivity index (χ0v) is 7.29. The van der Waals surface area contributed by atoms with Gasteiger partial charge in [-0.2, -0.15) is 0 Å². The van der Waals surface area contributed by atoms with Gasteiger partial charge in [-0.1, -0.05) is 36.8 Å². The molecule has 0 unspecified atom stereocenters. The summed E-state index contributed by atoms with van der Waals surface area (Å²) in [5.74, 6) is 0. The highest BCUT2D eigenvalue weighted by atomic mass is 14.9. The van der Waals surface area contributed by atoms with Crippen LogP contribution in [0.2, 0.25) is 0 Å². The van der Waals surface area contributed by atoms with Crippen molar-refractivity contribution in [3.05, 3.63) is 35.9 Å². The van der Waals surface area contributed by atoms with Crippen LogP contribution in [0, 0.1) is 0 Å². The molecular weight excluding hydrogens is 146 g/mol. The van der Waals surface area contributed by atoms with Gasteiger partial charge in [0.1, 0.15) is 0 Å². The second-order valence-corrected chi connectivity index (χ2v) is 3.41. The van der Waals surface area contributed by atoms with Crippen molar-refractivity contribution in [1.82, 2.24) is 5.32 Å². The third kappa shape index (κ3) is 1.67. The van der Waals surface area contributed by atoms with E-state index >= 15 is 0 Å². The molecule has 2 rings (SSSR count). The quantitative estimate of drug-likeness (QED) is 0.667. The van der Waals surface area contributed by atoms with Crippen molar-refractivity contribution in [1.29, 1.82) is 0 Å². The van der Waals surface area contributed by atoms with Crippen LogP contribution in [0.25, 0.3) is 0 Å². The Morgan fingerprint density at radius 3 is 2.58 bits per heavy atom. The Kier molecular flexibility index (Phi) is 2.42. The maximum absolute atomic E-state index is 3.54. The van der Waals surface area contributed by atoms with Crippen molar-refractivity contribution in [3.8, 4) is 0 Å². The van der Waals surface area contributed by atoms with E-state index in [-0.39, 0.29) is 0 Å². The molecule has 0 amide bonds. The molecule has 0 spiro atoms. The molecular formula is C11H15N. The van der Waals surface area contributed by atoms with Gasteiger partial charge in [-0.25, -0.2) is 0 Å². The van der Waals surface area contributed by atoms with Gasteiger partial charge in [0.2, 0.25) is 0 Å². The van der Waals surface area contributed by atoms with Crippen LogP contribution < -0.4 is 5.32 Å². The fourth-order valence-corrected chi connectivity index (χ4v) is 1.82. The van der Waals surface area contributed by atoms with Gasteiger partial charge in [0.15, 0.2) is 0 Å². The Morgan fingerprint density at radius 2 is 1.92 bits per heavy atom. The van der Waals surface area contributed by atoms with Crippen molar-refractivity contribution < 1.29 is 0 Å². The molecule has 1 fully saturated rings. The lowest BCUT2D eigenvalue weighted by Gasteiger charge is -2.23. The predicted octanol–water partition coefficient (Wildman–Crippen LogP) is 2.50. The van der Waals surface area contributed by atoms with E-state index in [1.54, 1.807) is 0 Å². The molecule has 1 saturated heterocycles. The normalized spacial score (nSPS) is 23.8. The highest BCUT2D eigenvalue weighted by Crippen LogP contribution is 2.21. The molecule has 1 atom stereocenters. The van der Waals surface area contributed by atoms with Gasteiger partial charge in [-0.3, -0.25) is 0 Å². The molecule has 1 aromatic rings. The van der Waals surface area contributed by atoms with Crippen LogP contribution in [0.1, 0.15) is 30.9 Å². The zero-order chi connectivity index (χ0) is 8.23. The third-order valence-electron chi connectivity index (χ3n) is 2.51. The summed E-state index contributed by atoms with van der Waals surface area (Å²) in [4.78, 5) is 0. The molecule has 0 aromatic heterocycles. The number of nitrogens with one attached hydrogen (secondary N) is 1. The highest BCUT2D eigenvalue weighted by Gasteiger charge is 2.13. The molecule has 1 aliphatic rings. The Hall–Kier alpha value is -0.820. The molecule has 1 nitrogen and oxygen atoms in total. The fraction of sp³-hybridized carbons (Fsp3) is 0.455. The number of hydrogen-bond acceptors (Lipinski definition) is 1. The molecule has 0 bridgehead atoms. The van der Waals surface area contributed by atoms with Crippen LogP contribution in [0.3, 0.4) is 0 Å². The Labute approximate surface area is 73.8 Å². The van der Waals surface area contributed by atoms with E-state index in [4.69, 9.17) is 0 Å². The topological polar surface area (TPSA) is 12.0 Å². The van der Waals surface area contributed by atoms with E-state index in [0.717, 1.165) is 0 Å². The Bertz CT molecular complexity index is 224. The minimum atomic E-state index is 0.611. The minimum Gasteiger partial charge on any atom is -0.310 e. The summed E-state index contributed by atoms with van der Waals surface area (Å²) in [6.45, 7) is 1.18. The van der Waals surface area contributed by atoms with Gasteiger partial charge in [0, 0.05) is 6.04 Å². The molecule has 1 aliphatic heterocycles. The van der Waals surface area contributed by atoms with Crippen LogP contribution in [0.4, 0.5) is 0 Å². The predicted molar refractivity (Wildman–Crippen MR) is 51.0 cm³/mol.